The summed E-state index contributed by atoms with van der Waals surface area (Å²) in [6.07, 6.45) is 1.83. The molecule has 1 heterocycles. The monoisotopic (exact) mass is 278 g/mol. The van der Waals surface area contributed by atoms with Crippen molar-refractivity contribution in [1.29, 1.82) is 0 Å². The first-order valence-electron chi connectivity index (χ1n) is 6.16. The van der Waals surface area contributed by atoms with E-state index in [0.717, 1.165) is 17.1 Å². The zero-order valence-corrected chi connectivity index (χ0v) is 11.9. The Balaban J connectivity index is 1.84. The van der Waals surface area contributed by atoms with Gasteiger partial charge in [-0.05, 0) is 17.7 Å². The van der Waals surface area contributed by atoms with Gasteiger partial charge in [-0.2, -0.15) is 0 Å². The van der Waals surface area contributed by atoms with Crippen LogP contribution in [0, 0.1) is 0 Å². The third-order valence-corrected chi connectivity index (χ3v) is 3.90. The molecule has 1 aromatic heterocycles. The van der Waals surface area contributed by atoms with Gasteiger partial charge in [0.15, 0.2) is 11.5 Å². The summed E-state index contributed by atoms with van der Waals surface area (Å²) in [5.41, 5.74) is 1.03. The molecule has 2 rings (SSSR count). The fourth-order valence-corrected chi connectivity index (χ4v) is 2.54. The number of hydrogen-bond donors (Lipinski definition) is 2. The van der Waals surface area contributed by atoms with Crippen LogP contribution < -0.4 is 10.1 Å². The molecule has 0 aliphatic carbocycles. The molecular weight excluding hydrogens is 260 g/mol. The maximum Gasteiger partial charge on any atom is 0.160 e. The van der Waals surface area contributed by atoms with E-state index in [9.17, 15) is 5.11 Å². The van der Waals surface area contributed by atoms with Gasteiger partial charge >= 0.3 is 0 Å². The molecule has 0 fully saturated rings. The van der Waals surface area contributed by atoms with Gasteiger partial charge in [-0.25, -0.2) is 4.98 Å². The van der Waals surface area contributed by atoms with Crippen LogP contribution in [0.15, 0.2) is 29.8 Å². The van der Waals surface area contributed by atoms with Crippen molar-refractivity contribution in [2.45, 2.75) is 19.4 Å². The van der Waals surface area contributed by atoms with Gasteiger partial charge in [-0.15, -0.1) is 11.3 Å². The van der Waals surface area contributed by atoms with Crippen LogP contribution >= 0.6 is 11.3 Å². The van der Waals surface area contributed by atoms with Gasteiger partial charge < -0.3 is 15.2 Å². The molecule has 0 aliphatic heterocycles. The molecule has 0 amide bonds. The summed E-state index contributed by atoms with van der Waals surface area (Å²) in [5, 5.41) is 16.2. The van der Waals surface area contributed by atoms with E-state index in [4.69, 9.17) is 4.74 Å². The maximum atomic E-state index is 9.69. The van der Waals surface area contributed by atoms with E-state index in [0.29, 0.717) is 18.2 Å². The fourth-order valence-electron chi connectivity index (χ4n) is 1.84. The van der Waals surface area contributed by atoms with Crippen molar-refractivity contribution < 1.29 is 9.84 Å². The third-order valence-electron chi connectivity index (χ3n) is 2.90. The zero-order valence-electron chi connectivity index (χ0n) is 11.1. The largest absolute Gasteiger partial charge is 0.504 e. The van der Waals surface area contributed by atoms with E-state index in [-0.39, 0.29) is 5.75 Å². The Hall–Kier alpha value is -1.59. The van der Waals surface area contributed by atoms with Crippen molar-refractivity contribution in [3.05, 3.63) is 40.3 Å². The molecule has 0 spiro atoms. The summed E-state index contributed by atoms with van der Waals surface area (Å²) >= 11 is 1.68. The molecular formula is C14H18N2O2S. The number of thiazole rings is 1. The SMILES string of the molecule is COc1ccc(CNCC(C)c2nccs2)cc1O. The lowest BCUT2D eigenvalue weighted by atomic mass is 10.1. The van der Waals surface area contributed by atoms with Gasteiger partial charge in [0.1, 0.15) is 0 Å². The number of aromatic hydroxyl groups is 1. The van der Waals surface area contributed by atoms with Crippen LogP contribution in [-0.4, -0.2) is 23.7 Å². The van der Waals surface area contributed by atoms with Gasteiger partial charge in [-0.3, -0.25) is 0 Å². The molecule has 0 aliphatic rings. The number of phenolic OH excluding ortho intramolecular Hbond substituents is 1. The molecule has 2 aromatic rings. The van der Waals surface area contributed by atoms with Crippen molar-refractivity contribution in [3.8, 4) is 11.5 Å². The Labute approximate surface area is 117 Å². The Bertz CT molecular complexity index is 514. The highest BCUT2D eigenvalue weighted by Gasteiger charge is 2.08. The predicted molar refractivity (Wildman–Crippen MR) is 76.9 cm³/mol. The number of aromatic nitrogens is 1. The Morgan fingerprint density at radius 1 is 1.47 bits per heavy atom. The fraction of sp³-hybridized carbons (Fsp3) is 0.357. The lowest BCUT2D eigenvalue weighted by Crippen LogP contribution is -2.19. The van der Waals surface area contributed by atoms with Gasteiger partial charge in [-0.1, -0.05) is 13.0 Å². The van der Waals surface area contributed by atoms with E-state index in [1.165, 1.54) is 0 Å². The Kier molecular flexibility index (Phi) is 4.76. The first-order valence-corrected chi connectivity index (χ1v) is 7.04. The minimum Gasteiger partial charge on any atom is -0.504 e. The topological polar surface area (TPSA) is 54.4 Å². The summed E-state index contributed by atoms with van der Waals surface area (Å²) in [7, 11) is 1.54. The number of benzene rings is 1. The van der Waals surface area contributed by atoms with E-state index in [1.807, 2.05) is 17.6 Å². The molecule has 1 unspecified atom stereocenters. The van der Waals surface area contributed by atoms with Crippen molar-refractivity contribution in [2.75, 3.05) is 13.7 Å². The summed E-state index contributed by atoms with van der Waals surface area (Å²) in [4.78, 5) is 4.30. The lowest BCUT2D eigenvalue weighted by molar-refractivity contribution is 0.373. The zero-order chi connectivity index (χ0) is 13.7. The molecule has 102 valence electrons. The van der Waals surface area contributed by atoms with Crippen LogP contribution in [0.2, 0.25) is 0 Å². The maximum absolute atomic E-state index is 9.69. The van der Waals surface area contributed by atoms with E-state index >= 15 is 0 Å². The summed E-state index contributed by atoms with van der Waals surface area (Å²) < 4.78 is 5.01. The van der Waals surface area contributed by atoms with Gasteiger partial charge in [0, 0.05) is 30.6 Å². The van der Waals surface area contributed by atoms with Crippen LogP contribution in [-0.2, 0) is 6.54 Å². The van der Waals surface area contributed by atoms with E-state index < -0.39 is 0 Å². The molecule has 1 aromatic carbocycles. The van der Waals surface area contributed by atoms with Gasteiger partial charge in [0.05, 0.1) is 12.1 Å². The Morgan fingerprint density at radius 2 is 2.32 bits per heavy atom. The van der Waals surface area contributed by atoms with Crippen LogP contribution in [0.4, 0.5) is 0 Å². The van der Waals surface area contributed by atoms with Gasteiger partial charge in [0.2, 0.25) is 0 Å². The quantitative estimate of drug-likeness (QED) is 0.853. The summed E-state index contributed by atoms with van der Waals surface area (Å²) in [6, 6.07) is 5.44. The molecule has 0 saturated carbocycles. The summed E-state index contributed by atoms with van der Waals surface area (Å²) in [6.45, 7) is 3.73. The first-order chi connectivity index (χ1) is 9.20. The molecule has 4 nitrogen and oxygen atoms in total. The molecule has 5 heteroatoms. The normalized spacial score (nSPS) is 12.3. The average molecular weight is 278 g/mol. The minimum absolute atomic E-state index is 0.176. The highest BCUT2D eigenvalue weighted by atomic mass is 32.1. The predicted octanol–water partition coefficient (Wildman–Crippen LogP) is 2.75. The highest BCUT2D eigenvalue weighted by molar-refractivity contribution is 7.09. The standard InChI is InChI=1S/C14H18N2O2S/c1-10(14-16-5-6-19-14)8-15-9-11-3-4-13(18-2)12(17)7-11/h3-7,10,15,17H,8-9H2,1-2H3. The number of methoxy groups -OCH3 is 1. The molecule has 0 bridgehead atoms. The highest BCUT2D eigenvalue weighted by Crippen LogP contribution is 2.26. The molecule has 0 saturated heterocycles. The van der Waals surface area contributed by atoms with Crippen molar-refractivity contribution in [1.82, 2.24) is 10.3 Å². The lowest BCUT2D eigenvalue weighted by Gasteiger charge is -2.11. The second-order valence-corrected chi connectivity index (χ2v) is 5.33. The van der Waals surface area contributed by atoms with Crippen molar-refractivity contribution >= 4 is 11.3 Å². The van der Waals surface area contributed by atoms with Crippen LogP contribution in [0.25, 0.3) is 0 Å². The third kappa shape index (κ3) is 3.68. The van der Waals surface area contributed by atoms with Crippen LogP contribution in [0.3, 0.4) is 0 Å². The number of ether oxygens (including phenoxy) is 1. The average Bonchev–Trinajstić information content (AvgIpc) is 2.93. The van der Waals surface area contributed by atoms with Crippen LogP contribution in [0.5, 0.6) is 11.5 Å². The molecule has 2 N–H and O–H groups in total. The number of hydrogen-bond acceptors (Lipinski definition) is 5. The number of phenols is 1. The number of nitrogens with one attached hydrogen (secondary N) is 1. The molecule has 1 atom stereocenters. The van der Waals surface area contributed by atoms with E-state index in [1.54, 1.807) is 30.6 Å². The smallest absolute Gasteiger partial charge is 0.160 e. The van der Waals surface area contributed by atoms with E-state index in [2.05, 4.69) is 17.2 Å². The second kappa shape index (κ2) is 6.54. The Morgan fingerprint density at radius 3 is 2.95 bits per heavy atom. The molecule has 0 radical (unpaired) electrons. The summed E-state index contributed by atoms with van der Waals surface area (Å²) in [5.74, 6) is 1.07. The minimum atomic E-state index is 0.176. The molecule has 19 heavy (non-hydrogen) atoms. The van der Waals surface area contributed by atoms with Crippen molar-refractivity contribution in [2.24, 2.45) is 0 Å². The van der Waals surface area contributed by atoms with Crippen LogP contribution in [0.1, 0.15) is 23.4 Å². The van der Waals surface area contributed by atoms with Crippen molar-refractivity contribution in [3.63, 3.8) is 0 Å². The first kappa shape index (κ1) is 13.8. The number of rotatable bonds is 6. The second-order valence-electron chi connectivity index (χ2n) is 4.41. The number of nitrogens with zero attached hydrogens (tertiary/aromatic N) is 1. The van der Waals surface area contributed by atoms with Gasteiger partial charge in [0.25, 0.3) is 0 Å².